The first-order valence-corrected chi connectivity index (χ1v) is 7.95. The first kappa shape index (κ1) is 14.9. The molecular formula is C14H17N5O2S. The largest absolute Gasteiger partial charge is 0.380 e. The van der Waals surface area contributed by atoms with Crippen LogP contribution in [0.1, 0.15) is 23.2 Å². The summed E-state index contributed by atoms with van der Waals surface area (Å²) in [6.07, 6.45) is 3.99. The number of aromatic nitrogens is 3. The molecule has 0 saturated carbocycles. The van der Waals surface area contributed by atoms with E-state index in [0.29, 0.717) is 10.7 Å². The molecule has 2 aromatic heterocycles. The number of amides is 1. The number of nitrogens with one attached hydrogen (secondary N) is 1. The van der Waals surface area contributed by atoms with Crippen molar-refractivity contribution in [2.24, 2.45) is 0 Å². The van der Waals surface area contributed by atoms with Crippen LogP contribution in [0.15, 0.2) is 23.8 Å². The molecular weight excluding hydrogens is 302 g/mol. The van der Waals surface area contributed by atoms with E-state index in [0.717, 1.165) is 31.7 Å². The van der Waals surface area contributed by atoms with E-state index in [4.69, 9.17) is 4.74 Å². The minimum Gasteiger partial charge on any atom is -0.380 e. The molecule has 1 aliphatic rings. The number of pyridine rings is 1. The number of rotatable bonds is 4. The summed E-state index contributed by atoms with van der Waals surface area (Å²) in [4.78, 5) is 18.6. The lowest BCUT2D eigenvalue weighted by molar-refractivity contribution is 0.0891. The Bertz CT molecular complexity index is 617. The van der Waals surface area contributed by atoms with Crippen LogP contribution in [0.5, 0.6) is 0 Å². The molecule has 1 amide bonds. The molecule has 1 aliphatic heterocycles. The van der Waals surface area contributed by atoms with Crippen LogP contribution in [0, 0.1) is 0 Å². The number of hydrogen-bond donors (Lipinski definition) is 1. The Morgan fingerprint density at radius 1 is 1.50 bits per heavy atom. The van der Waals surface area contributed by atoms with E-state index in [1.54, 1.807) is 24.9 Å². The van der Waals surface area contributed by atoms with Crippen LogP contribution in [-0.4, -0.2) is 47.4 Å². The number of methoxy groups -OCH3 is 1. The third-order valence-electron chi connectivity index (χ3n) is 3.63. The van der Waals surface area contributed by atoms with Gasteiger partial charge in [-0.05, 0) is 25.0 Å². The fraction of sp³-hybridized carbons (Fsp3) is 0.429. The first-order chi connectivity index (χ1) is 10.8. The van der Waals surface area contributed by atoms with Crippen molar-refractivity contribution in [2.75, 3.05) is 30.4 Å². The number of nitrogens with zero attached hydrogens (tertiary/aromatic N) is 4. The molecule has 1 atom stereocenters. The van der Waals surface area contributed by atoms with Gasteiger partial charge in [0.2, 0.25) is 5.13 Å². The zero-order chi connectivity index (χ0) is 15.4. The Balaban J connectivity index is 1.66. The van der Waals surface area contributed by atoms with Gasteiger partial charge in [0.15, 0.2) is 0 Å². The zero-order valence-corrected chi connectivity index (χ0v) is 13.0. The molecule has 0 aromatic carbocycles. The van der Waals surface area contributed by atoms with E-state index < -0.39 is 0 Å². The molecule has 0 aliphatic carbocycles. The van der Waals surface area contributed by atoms with Crippen molar-refractivity contribution >= 4 is 28.2 Å². The van der Waals surface area contributed by atoms with Crippen molar-refractivity contribution < 1.29 is 9.53 Å². The predicted octanol–water partition coefficient (Wildman–Crippen LogP) is 1.80. The van der Waals surface area contributed by atoms with Gasteiger partial charge >= 0.3 is 0 Å². The van der Waals surface area contributed by atoms with Crippen molar-refractivity contribution in [2.45, 2.75) is 18.9 Å². The van der Waals surface area contributed by atoms with Crippen LogP contribution in [-0.2, 0) is 4.74 Å². The fourth-order valence-corrected chi connectivity index (χ4v) is 2.88. The van der Waals surface area contributed by atoms with Crippen molar-refractivity contribution in [3.8, 4) is 0 Å². The van der Waals surface area contributed by atoms with Gasteiger partial charge in [0.05, 0.1) is 11.7 Å². The summed E-state index contributed by atoms with van der Waals surface area (Å²) in [6, 6.07) is 3.64. The molecule has 8 heteroatoms. The Kier molecular flexibility index (Phi) is 4.59. The van der Waals surface area contributed by atoms with Crippen LogP contribution in [0.25, 0.3) is 0 Å². The van der Waals surface area contributed by atoms with Gasteiger partial charge < -0.3 is 9.64 Å². The average Bonchev–Trinajstić information content (AvgIpc) is 3.08. The third-order valence-corrected chi connectivity index (χ3v) is 4.23. The minimum absolute atomic E-state index is 0.232. The van der Waals surface area contributed by atoms with Gasteiger partial charge in [0.25, 0.3) is 5.91 Å². The highest BCUT2D eigenvalue weighted by Crippen LogP contribution is 2.19. The molecule has 1 saturated heterocycles. The van der Waals surface area contributed by atoms with E-state index in [1.165, 1.54) is 11.3 Å². The molecule has 0 radical (unpaired) electrons. The summed E-state index contributed by atoms with van der Waals surface area (Å²) in [6.45, 7) is 1.79. The summed E-state index contributed by atoms with van der Waals surface area (Å²) in [7, 11) is 1.74. The minimum atomic E-state index is -0.232. The monoisotopic (exact) mass is 319 g/mol. The lowest BCUT2D eigenvalue weighted by atomic mass is 10.1. The molecule has 1 fully saturated rings. The third kappa shape index (κ3) is 3.40. The highest BCUT2D eigenvalue weighted by atomic mass is 32.1. The quantitative estimate of drug-likeness (QED) is 0.925. The number of carbonyl (C=O) groups excluding carboxylic acids is 1. The van der Waals surface area contributed by atoms with Crippen molar-refractivity contribution in [3.05, 3.63) is 29.4 Å². The van der Waals surface area contributed by atoms with Crippen LogP contribution in [0.4, 0.5) is 10.9 Å². The van der Waals surface area contributed by atoms with E-state index in [-0.39, 0.29) is 12.0 Å². The Labute approximate surface area is 132 Å². The van der Waals surface area contributed by atoms with E-state index in [1.807, 2.05) is 6.07 Å². The van der Waals surface area contributed by atoms with Crippen LogP contribution < -0.4 is 10.2 Å². The zero-order valence-electron chi connectivity index (χ0n) is 12.2. The molecule has 1 N–H and O–H groups in total. The van der Waals surface area contributed by atoms with Crippen LogP contribution in [0.3, 0.4) is 0 Å². The van der Waals surface area contributed by atoms with Gasteiger partial charge in [-0.1, -0.05) is 11.3 Å². The molecule has 3 rings (SSSR count). The van der Waals surface area contributed by atoms with Crippen molar-refractivity contribution in [1.29, 1.82) is 0 Å². The Hall–Kier alpha value is -2.06. The van der Waals surface area contributed by atoms with Crippen LogP contribution >= 0.6 is 11.3 Å². The Morgan fingerprint density at radius 3 is 3.09 bits per heavy atom. The molecule has 0 bridgehead atoms. The summed E-state index contributed by atoms with van der Waals surface area (Å²) < 4.78 is 5.42. The smallest absolute Gasteiger partial charge is 0.259 e. The van der Waals surface area contributed by atoms with Crippen molar-refractivity contribution in [1.82, 2.24) is 15.2 Å². The summed E-state index contributed by atoms with van der Waals surface area (Å²) >= 11 is 1.28. The van der Waals surface area contributed by atoms with E-state index in [2.05, 4.69) is 25.4 Å². The van der Waals surface area contributed by atoms with Crippen LogP contribution in [0.2, 0.25) is 0 Å². The lowest BCUT2D eigenvalue weighted by Gasteiger charge is -2.32. The normalized spacial score (nSPS) is 18.2. The van der Waals surface area contributed by atoms with Gasteiger partial charge in [-0.2, -0.15) is 0 Å². The molecule has 2 aromatic rings. The SMILES string of the molecule is COC1CCCN(c2ccc(C(=O)Nc3nncs3)cn2)C1. The van der Waals surface area contributed by atoms with Gasteiger partial charge in [-0.3, -0.25) is 10.1 Å². The maximum absolute atomic E-state index is 12.1. The highest BCUT2D eigenvalue weighted by Gasteiger charge is 2.20. The Morgan fingerprint density at radius 2 is 2.41 bits per heavy atom. The lowest BCUT2D eigenvalue weighted by Crippen LogP contribution is -2.39. The highest BCUT2D eigenvalue weighted by molar-refractivity contribution is 7.13. The maximum atomic E-state index is 12.1. The summed E-state index contributed by atoms with van der Waals surface area (Å²) in [5.74, 6) is 0.637. The van der Waals surface area contributed by atoms with Gasteiger partial charge in [-0.15, -0.1) is 10.2 Å². The second kappa shape index (κ2) is 6.80. The maximum Gasteiger partial charge on any atom is 0.259 e. The number of hydrogen-bond acceptors (Lipinski definition) is 7. The van der Waals surface area contributed by atoms with Gasteiger partial charge in [0.1, 0.15) is 11.3 Å². The van der Waals surface area contributed by atoms with Gasteiger partial charge in [-0.25, -0.2) is 4.98 Å². The van der Waals surface area contributed by atoms with Gasteiger partial charge in [0, 0.05) is 26.4 Å². The molecule has 116 valence electrons. The van der Waals surface area contributed by atoms with E-state index >= 15 is 0 Å². The number of piperidine rings is 1. The number of ether oxygens (including phenoxy) is 1. The van der Waals surface area contributed by atoms with E-state index in [9.17, 15) is 4.79 Å². The molecule has 0 spiro atoms. The second-order valence-electron chi connectivity index (χ2n) is 5.05. The summed E-state index contributed by atoms with van der Waals surface area (Å²) in [5.41, 5.74) is 2.07. The first-order valence-electron chi connectivity index (χ1n) is 7.07. The molecule has 22 heavy (non-hydrogen) atoms. The molecule has 1 unspecified atom stereocenters. The predicted molar refractivity (Wildman–Crippen MR) is 84.3 cm³/mol. The van der Waals surface area contributed by atoms with Crippen molar-refractivity contribution in [3.63, 3.8) is 0 Å². The second-order valence-corrected chi connectivity index (χ2v) is 5.88. The molecule has 7 nitrogen and oxygen atoms in total. The number of carbonyl (C=O) groups is 1. The number of anilines is 2. The topological polar surface area (TPSA) is 80.2 Å². The average molecular weight is 319 g/mol. The standard InChI is InChI=1S/C14H17N5O2S/c1-21-11-3-2-6-19(8-11)12-5-4-10(7-15-12)13(20)17-14-18-16-9-22-14/h4-5,7,9,11H,2-3,6,8H2,1H3,(H,17,18,20). The fourth-order valence-electron chi connectivity index (χ4n) is 2.44. The molecule has 3 heterocycles. The summed E-state index contributed by atoms with van der Waals surface area (Å²) in [5, 5.41) is 10.6.